The first-order chi connectivity index (χ1) is 20.2. The van der Waals surface area contributed by atoms with E-state index in [4.69, 9.17) is 21.6 Å². The molecule has 0 saturated carbocycles. The molecule has 1 aromatic heterocycles. The predicted octanol–water partition coefficient (Wildman–Crippen LogP) is -1.69. The van der Waals surface area contributed by atoms with Gasteiger partial charge in [0.1, 0.15) is 23.7 Å². The van der Waals surface area contributed by atoms with E-state index >= 15 is 0 Å². The van der Waals surface area contributed by atoms with E-state index in [-0.39, 0.29) is 49.8 Å². The Morgan fingerprint density at radius 2 is 1.19 bits per heavy atom. The highest BCUT2D eigenvalue weighted by Gasteiger charge is 2.30. The van der Waals surface area contributed by atoms with Crippen LogP contribution in [-0.2, 0) is 33.6 Å². The van der Waals surface area contributed by atoms with Crippen LogP contribution in [0.25, 0.3) is 11.0 Å². The van der Waals surface area contributed by atoms with E-state index in [9.17, 15) is 38.4 Å². The van der Waals surface area contributed by atoms with Crippen molar-refractivity contribution in [2.24, 2.45) is 17.2 Å². The summed E-state index contributed by atoms with van der Waals surface area (Å²) in [6, 6.07) is 1.92. The summed E-state index contributed by atoms with van der Waals surface area (Å²) in [6.45, 7) is 2.87. The number of carbonyl (C=O) groups excluding carboxylic acids is 7. The highest BCUT2D eigenvalue weighted by Crippen LogP contribution is 2.21. The Balaban J connectivity index is 2.28. The van der Waals surface area contributed by atoms with Gasteiger partial charge in [-0.3, -0.25) is 33.6 Å². The van der Waals surface area contributed by atoms with Crippen LogP contribution in [0.4, 0.5) is 5.69 Å². The topological polar surface area (TPSA) is 276 Å². The summed E-state index contributed by atoms with van der Waals surface area (Å²) in [6.07, 6.45) is -1.53. The van der Waals surface area contributed by atoms with Crippen molar-refractivity contribution >= 4 is 58.0 Å². The lowest BCUT2D eigenvalue weighted by atomic mass is 10.0. The molecule has 0 aliphatic heterocycles. The summed E-state index contributed by atoms with van der Waals surface area (Å²) in [5.41, 5.74) is 16.1. The molecule has 43 heavy (non-hydrogen) atoms. The molecule has 0 fully saturated rings. The Morgan fingerprint density at radius 1 is 0.721 bits per heavy atom. The summed E-state index contributed by atoms with van der Waals surface area (Å²) in [5.74, 6) is -5.36. The summed E-state index contributed by atoms with van der Waals surface area (Å²) >= 11 is 0. The van der Waals surface area contributed by atoms with E-state index in [1.54, 1.807) is 19.1 Å². The van der Waals surface area contributed by atoms with Crippen molar-refractivity contribution in [1.82, 2.24) is 16.0 Å². The normalized spacial score (nSPS) is 12.8. The number of anilines is 1. The van der Waals surface area contributed by atoms with Gasteiger partial charge in [0, 0.05) is 49.4 Å². The monoisotopic (exact) mass is 601 g/mol. The minimum atomic E-state index is -1.41. The first-order valence-electron chi connectivity index (χ1n) is 13.2. The average Bonchev–Trinajstić information content (AvgIpc) is 2.90. The van der Waals surface area contributed by atoms with Gasteiger partial charge < -0.3 is 42.9 Å². The maximum absolute atomic E-state index is 13.3. The smallest absolute Gasteiger partial charge is 0.336 e. The number of hydrogen-bond donors (Lipinski definition) is 7. The van der Waals surface area contributed by atoms with Crippen LogP contribution in [0, 0.1) is 6.92 Å². The molecule has 2 aromatic rings. The molecule has 2 rings (SSSR count). The average molecular weight is 602 g/mol. The number of primary amides is 3. The fourth-order valence-electron chi connectivity index (χ4n) is 4.09. The number of nitrogens with two attached hydrogens (primary N) is 3. The number of fused-ring (bicyclic) bond motifs is 1. The standard InChI is InChI=1S/C27H35N7O9/c1-13-11-24(39)43-20-12-15(3-4-16(13)20)32-25(40)18(6-9-22(29)37)33-27(42)19(7-10-23(30)38)34-26(41)17(31-14(2)35)5-8-21(28)36/h3-4,11-12,17-19H,5-10H2,1-2H3,(H2,28,36)(H2,29,37)(H2,30,38)(H,31,35)(H,32,40)(H,33,42)(H,34,41). The van der Waals surface area contributed by atoms with Crippen LogP contribution in [-0.4, -0.2) is 59.5 Å². The first-order valence-corrected chi connectivity index (χ1v) is 13.2. The van der Waals surface area contributed by atoms with Gasteiger partial charge in [-0.15, -0.1) is 0 Å². The minimum absolute atomic E-state index is 0.167. The molecule has 232 valence electrons. The molecule has 0 saturated heterocycles. The molecule has 16 heteroatoms. The fraction of sp³-hybridized carbons (Fsp3) is 0.407. The highest BCUT2D eigenvalue weighted by atomic mass is 16.4. The molecule has 0 spiro atoms. The Morgan fingerprint density at radius 3 is 1.65 bits per heavy atom. The van der Waals surface area contributed by atoms with E-state index in [1.807, 2.05) is 0 Å². The maximum Gasteiger partial charge on any atom is 0.336 e. The van der Waals surface area contributed by atoms with Crippen molar-refractivity contribution < 1.29 is 38.0 Å². The van der Waals surface area contributed by atoms with Gasteiger partial charge in [-0.2, -0.15) is 0 Å². The van der Waals surface area contributed by atoms with Crippen LogP contribution in [0.3, 0.4) is 0 Å². The molecule has 1 heterocycles. The Bertz CT molecular complexity index is 1470. The number of aryl methyl sites for hydroxylation is 1. The Hall–Kier alpha value is -5.28. The lowest BCUT2D eigenvalue weighted by Gasteiger charge is -2.25. The highest BCUT2D eigenvalue weighted by molar-refractivity contribution is 6.00. The first kappa shape index (κ1) is 33.9. The zero-order valence-electron chi connectivity index (χ0n) is 23.7. The molecule has 3 atom stereocenters. The van der Waals surface area contributed by atoms with Crippen LogP contribution in [0.5, 0.6) is 0 Å². The zero-order chi connectivity index (χ0) is 32.3. The molecule has 0 aliphatic carbocycles. The molecule has 0 aliphatic rings. The number of benzene rings is 1. The van der Waals surface area contributed by atoms with E-state index in [2.05, 4.69) is 21.3 Å². The number of amides is 7. The summed E-state index contributed by atoms with van der Waals surface area (Å²) in [4.78, 5) is 96.9. The van der Waals surface area contributed by atoms with Gasteiger partial charge in [0.05, 0.1) is 0 Å². The van der Waals surface area contributed by atoms with Crippen molar-refractivity contribution in [3.8, 4) is 0 Å². The van der Waals surface area contributed by atoms with Crippen molar-refractivity contribution in [1.29, 1.82) is 0 Å². The van der Waals surface area contributed by atoms with Crippen LogP contribution in [0.2, 0.25) is 0 Å². The van der Waals surface area contributed by atoms with Crippen LogP contribution >= 0.6 is 0 Å². The molecule has 3 unspecified atom stereocenters. The van der Waals surface area contributed by atoms with Crippen molar-refractivity contribution in [3.05, 3.63) is 40.2 Å². The van der Waals surface area contributed by atoms with Crippen LogP contribution < -0.4 is 44.1 Å². The molecule has 1 aromatic carbocycles. The second kappa shape index (κ2) is 15.6. The Labute approximate surface area is 245 Å². The van der Waals surface area contributed by atoms with Gasteiger partial charge in [0.2, 0.25) is 41.4 Å². The SMILES string of the molecule is CC(=O)NC(CCC(N)=O)C(=O)NC(CCC(N)=O)C(=O)NC(CCC(N)=O)C(=O)Nc1ccc2c(C)cc(=O)oc2c1. The largest absolute Gasteiger partial charge is 0.423 e. The Kier molecular flexibility index (Phi) is 12.3. The van der Waals surface area contributed by atoms with Gasteiger partial charge in [-0.1, -0.05) is 0 Å². The molecule has 16 nitrogen and oxygen atoms in total. The summed E-state index contributed by atoms with van der Waals surface area (Å²) < 4.78 is 5.19. The maximum atomic E-state index is 13.3. The van der Waals surface area contributed by atoms with E-state index < -0.39 is 65.1 Å². The molecule has 0 bridgehead atoms. The lowest BCUT2D eigenvalue weighted by molar-refractivity contribution is -0.133. The van der Waals surface area contributed by atoms with Gasteiger partial charge >= 0.3 is 5.63 Å². The molecule has 7 amide bonds. The molecular formula is C27H35N7O9. The third kappa shape index (κ3) is 11.3. The summed E-state index contributed by atoms with van der Waals surface area (Å²) in [7, 11) is 0. The summed E-state index contributed by atoms with van der Waals surface area (Å²) in [5, 5.41) is 10.4. The lowest BCUT2D eigenvalue weighted by Crippen LogP contribution is -2.56. The number of carbonyl (C=O) groups is 7. The fourth-order valence-corrected chi connectivity index (χ4v) is 4.09. The van der Waals surface area contributed by atoms with Gasteiger partial charge in [-0.05, 0) is 43.9 Å². The van der Waals surface area contributed by atoms with E-state index in [0.717, 1.165) is 6.92 Å². The van der Waals surface area contributed by atoms with Crippen LogP contribution in [0.15, 0.2) is 33.5 Å². The van der Waals surface area contributed by atoms with Crippen LogP contribution in [0.1, 0.15) is 51.0 Å². The van der Waals surface area contributed by atoms with Gasteiger partial charge in [0.15, 0.2) is 0 Å². The van der Waals surface area contributed by atoms with E-state index in [1.165, 1.54) is 12.1 Å². The second-order valence-electron chi connectivity index (χ2n) is 9.84. The minimum Gasteiger partial charge on any atom is -0.423 e. The van der Waals surface area contributed by atoms with Crippen molar-refractivity contribution in [3.63, 3.8) is 0 Å². The molecule has 0 radical (unpaired) electrons. The van der Waals surface area contributed by atoms with Crippen molar-refractivity contribution in [2.45, 2.75) is 70.5 Å². The van der Waals surface area contributed by atoms with Crippen molar-refractivity contribution in [2.75, 3.05) is 5.32 Å². The van der Waals surface area contributed by atoms with Gasteiger partial charge in [-0.25, -0.2) is 4.79 Å². The quantitative estimate of drug-likeness (QED) is 0.108. The van der Waals surface area contributed by atoms with E-state index in [0.29, 0.717) is 10.9 Å². The number of nitrogens with one attached hydrogen (secondary N) is 4. The molecular weight excluding hydrogens is 566 g/mol. The second-order valence-corrected chi connectivity index (χ2v) is 9.84. The number of rotatable bonds is 16. The third-order valence-electron chi connectivity index (χ3n) is 6.22. The molecule has 10 N–H and O–H groups in total. The van der Waals surface area contributed by atoms with Gasteiger partial charge in [0.25, 0.3) is 0 Å². The predicted molar refractivity (Wildman–Crippen MR) is 153 cm³/mol. The number of hydrogen-bond acceptors (Lipinski definition) is 9. The zero-order valence-corrected chi connectivity index (χ0v) is 23.7. The third-order valence-corrected chi connectivity index (χ3v) is 6.22.